The van der Waals surface area contributed by atoms with E-state index in [1.165, 1.54) is 42.5 Å². The van der Waals surface area contributed by atoms with Crippen LogP contribution in [0.4, 0.5) is 0 Å². The topological polar surface area (TPSA) is 185 Å². The maximum atomic E-state index is 14.2. The molecule has 0 aliphatic rings. The first kappa shape index (κ1) is 25.6. The van der Waals surface area contributed by atoms with E-state index in [1.54, 1.807) is 6.07 Å². The highest BCUT2D eigenvalue weighted by atomic mass is 16.3. The lowest BCUT2D eigenvalue weighted by Gasteiger charge is -2.33. The lowest BCUT2D eigenvalue weighted by Crippen LogP contribution is -2.57. The summed E-state index contributed by atoms with van der Waals surface area (Å²) in [6.07, 6.45) is 0. The molecule has 0 saturated heterocycles. The Labute approximate surface area is 215 Å². The summed E-state index contributed by atoms with van der Waals surface area (Å²) in [7, 11) is 0. The number of Topliss-reactive ketones (excluding diaryl/α,β-unsaturated/α-hetero) is 2. The van der Waals surface area contributed by atoms with Crippen molar-refractivity contribution < 1.29 is 45.0 Å². The Hall–Kier alpha value is -5.51. The fraction of sp³-hybridized carbons (Fsp3) is 0.0357. The van der Waals surface area contributed by atoms with Crippen LogP contribution in [0.2, 0.25) is 0 Å². The minimum atomic E-state index is -2.72. The SMILES string of the molecule is O=C(NC(C(=O)c1cccc(O)c1O)(C(=O)c1cccc(O)c1O)c1ccccc1)c1cccc(O)c1O. The van der Waals surface area contributed by atoms with Crippen LogP contribution >= 0.6 is 0 Å². The fourth-order valence-corrected chi connectivity index (χ4v) is 4.02. The van der Waals surface area contributed by atoms with Crippen LogP contribution in [0.25, 0.3) is 0 Å². The van der Waals surface area contributed by atoms with Gasteiger partial charge >= 0.3 is 0 Å². The Morgan fingerprint density at radius 2 is 0.895 bits per heavy atom. The molecule has 0 aromatic heterocycles. The van der Waals surface area contributed by atoms with E-state index in [-0.39, 0.29) is 5.56 Å². The number of benzene rings is 4. The molecule has 4 aromatic carbocycles. The predicted molar refractivity (Wildman–Crippen MR) is 134 cm³/mol. The molecule has 0 atom stereocenters. The van der Waals surface area contributed by atoms with Crippen LogP contribution < -0.4 is 5.32 Å². The molecule has 4 rings (SSSR count). The Bertz CT molecular complexity index is 1500. The molecule has 0 radical (unpaired) electrons. The molecule has 0 heterocycles. The number of hydrogen-bond donors (Lipinski definition) is 7. The second-order valence-corrected chi connectivity index (χ2v) is 8.25. The van der Waals surface area contributed by atoms with Crippen molar-refractivity contribution in [2.24, 2.45) is 0 Å². The molecule has 38 heavy (non-hydrogen) atoms. The average Bonchev–Trinajstić information content (AvgIpc) is 2.91. The number of amides is 1. The zero-order valence-electron chi connectivity index (χ0n) is 19.5. The Morgan fingerprint density at radius 3 is 1.34 bits per heavy atom. The lowest BCUT2D eigenvalue weighted by atomic mass is 9.76. The van der Waals surface area contributed by atoms with E-state index < -0.39 is 74.2 Å². The molecule has 10 nitrogen and oxygen atoms in total. The van der Waals surface area contributed by atoms with E-state index in [0.717, 1.165) is 36.4 Å². The van der Waals surface area contributed by atoms with Gasteiger partial charge in [0, 0.05) is 0 Å². The summed E-state index contributed by atoms with van der Waals surface area (Å²) in [4.78, 5) is 41.9. The molecule has 7 N–H and O–H groups in total. The number of phenols is 6. The quantitative estimate of drug-likeness (QED) is 0.110. The van der Waals surface area contributed by atoms with Gasteiger partial charge < -0.3 is 36.0 Å². The number of ketones is 2. The molecule has 1 amide bonds. The van der Waals surface area contributed by atoms with Gasteiger partial charge in [-0.05, 0) is 42.0 Å². The van der Waals surface area contributed by atoms with Crippen molar-refractivity contribution in [2.75, 3.05) is 0 Å². The second-order valence-electron chi connectivity index (χ2n) is 8.25. The Morgan fingerprint density at radius 1 is 0.500 bits per heavy atom. The van der Waals surface area contributed by atoms with Crippen LogP contribution in [-0.2, 0) is 5.54 Å². The molecule has 0 aliphatic heterocycles. The van der Waals surface area contributed by atoms with Crippen molar-refractivity contribution in [1.29, 1.82) is 0 Å². The van der Waals surface area contributed by atoms with Crippen LogP contribution in [0.15, 0.2) is 84.9 Å². The van der Waals surface area contributed by atoms with Gasteiger partial charge in [-0.15, -0.1) is 0 Å². The highest BCUT2D eigenvalue weighted by molar-refractivity contribution is 6.27. The summed E-state index contributed by atoms with van der Waals surface area (Å²) < 4.78 is 0. The summed E-state index contributed by atoms with van der Waals surface area (Å²) in [5.74, 6) is -8.17. The predicted octanol–water partition coefficient (Wildman–Crippen LogP) is 3.31. The first-order valence-corrected chi connectivity index (χ1v) is 11.1. The summed E-state index contributed by atoms with van der Waals surface area (Å²) in [5.41, 5.74) is -4.43. The van der Waals surface area contributed by atoms with Gasteiger partial charge in [-0.2, -0.15) is 0 Å². The number of aromatic hydroxyl groups is 6. The van der Waals surface area contributed by atoms with Gasteiger partial charge in [0.2, 0.25) is 11.6 Å². The van der Waals surface area contributed by atoms with E-state index in [0.29, 0.717) is 0 Å². The third-order valence-corrected chi connectivity index (χ3v) is 5.97. The van der Waals surface area contributed by atoms with Crippen molar-refractivity contribution in [3.05, 3.63) is 107 Å². The Balaban J connectivity index is 2.05. The molecule has 0 aliphatic carbocycles. The zero-order chi connectivity index (χ0) is 27.6. The number of nitrogens with one attached hydrogen (secondary N) is 1. The third kappa shape index (κ3) is 4.20. The average molecular weight is 515 g/mol. The molecule has 0 fully saturated rings. The highest BCUT2D eigenvalue weighted by Crippen LogP contribution is 2.40. The molecule has 0 unspecified atom stereocenters. The largest absolute Gasteiger partial charge is 0.504 e. The summed E-state index contributed by atoms with van der Waals surface area (Å²) in [6.45, 7) is 0. The Kier molecular flexibility index (Phi) is 6.64. The van der Waals surface area contributed by atoms with Gasteiger partial charge in [-0.1, -0.05) is 48.5 Å². The van der Waals surface area contributed by atoms with Gasteiger partial charge in [-0.3, -0.25) is 14.4 Å². The highest BCUT2D eigenvalue weighted by Gasteiger charge is 2.51. The van der Waals surface area contributed by atoms with Crippen molar-refractivity contribution >= 4 is 17.5 Å². The minimum absolute atomic E-state index is 0.117. The van der Waals surface area contributed by atoms with E-state index >= 15 is 0 Å². The van der Waals surface area contributed by atoms with E-state index in [2.05, 4.69) is 5.32 Å². The standard InChI is InChI=1S/C28H21NO9/c30-19-12-4-9-16(22(19)33)25(36)28(15-7-2-1-3-8-15,26(37)17-10-5-13-20(31)23(17)34)29-27(38)18-11-6-14-21(32)24(18)35/h1-14,30-35H,(H,29,38). The zero-order valence-corrected chi connectivity index (χ0v) is 19.5. The number of rotatable bonds is 7. The molecule has 0 saturated carbocycles. The van der Waals surface area contributed by atoms with Gasteiger partial charge in [0.15, 0.2) is 40.0 Å². The van der Waals surface area contributed by atoms with Crippen molar-refractivity contribution in [3.63, 3.8) is 0 Å². The van der Waals surface area contributed by atoms with Crippen LogP contribution in [0.5, 0.6) is 34.5 Å². The summed E-state index contributed by atoms with van der Waals surface area (Å²) >= 11 is 0. The van der Waals surface area contributed by atoms with Crippen LogP contribution in [0.3, 0.4) is 0 Å². The van der Waals surface area contributed by atoms with Gasteiger partial charge in [0.05, 0.1) is 16.7 Å². The molecule has 4 aromatic rings. The first-order chi connectivity index (χ1) is 18.1. The monoisotopic (exact) mass is 515 g/mol. The normalized spacial score (nSPS) is 11.1. The number of carbonyl (C=O) groups is 3. The smallest absolute Gasteiger partial charge is 0.256 e. The number of para-hydroxylation sites is 3. The fourth-order valence-electron chi connectivity index (χ4n) is 4.02. The van der Waals surface area contributed by atoms with E-state index in [9.17, 15) is 45.0 Å². The van der Waals surface area contributed by atoms with Gasteiger partial charge in [0.25, 0.3) is 5.91 Å². The molecule has 192 valence electrons. The first-order valence-electron chi connectivity index (χ1n) is 11.1. The van der Waals surface area contributed by atoms with E-state index in [1.807, 2.05) is 0 Å². The summed E-state index contributed by atoms with van der Waals surface area (Å²) in [5, 5.41) is 63.6. The number of carbonyl (C=O) groups excluding carboxylic acids is 3. The van der Waals surface area contributed by atoms with Crippen LogP contribution in [0.1, 0.15) is 36.6 Å². The van der Waals surface area contributed by atoms with Gasteiger partial charge in [0.1, 0.15) is 0 Å². The molecular weight excluding hydrogens is 494 g/mol. The maximum absolute atomic E-state index is 14.2. The lowest BCUT2D eigenvalue weighted by molar-refractivity contribution is 0.0663. The molecule has 0 bridgehead atoms. The third-order valence-electron chi connectivity index (χ3n) is 5.97. The second kappa shape index (κ2) is 9.86. The van der Waals surface area contributed by atoms with Crippen molar-refractivity contribution in [1.82, 2.24) is 5.32 Å². The maximum Gasteiger partial charge on any atom is 0.256 e. The number of hydrogen-bond acceptors (Lipinski definition) is 9. The van der Waals surface area contributed by atoms with Crippen molar-refractivity contribution in [3.8, 4) is 34.5 Å². The van der Waals surface area contributed by atoms with Crippen LogP contribution in [0, 0.1) is 0 Å². The molecule has 0 spiro atoms. The summed E-state index contributed by atoms with van der Waals surface area (Å²) in [6, 6.07) is 17.6. The number of phenolic OH excluding ortho intramolecular Hbond substituents is 6. The van der Waals surface area contributed by atoms with Crippen LogP contribution in [-0.4, -0.2) is 48.1 Å². The molecule has 10 heteroatoms. The van der Waals surface area contributed by atoms with E-state index in [4.69, 9.17) is 0 Å². The minimum Gasteiger partial charge on any atom is -0.504 e. The van der Waals surface area contributed by atoms with Crippen molar-refractivity contribution in [2.45, 2.75) is 5.54 Å². The molecular formula is C28H21NO9. The van der Waals surface area contributed by atoms with Gasteiger partial charge in [-0.25, -0.2) is 0 Å².